The standard InChI is InChI=1S/C8H13IN2O/c1-3-11-7(5-10)4-8(9)6(2)12/h3,5,8H,4,10H2,1-2H3/b7-5-,11-3?. The summed E-state index contributed by atoms with van der Waals surface area (Å²) in [6.45, 7) is 3.39. The van der Waals surface area contributed by atoms with Gasteiger partial charge < -0.3 is 5.73 Å². The topological polar surface area (TPSA) is 55.4 Å². The van der Waals surface area contributed by atoms with Gasteiger partial charge in [-0.1, -0.05) is 22.6 Å². The maximum Gasteiger partial charge on any atom is 0.142 e. The summed E-state index contributed by atoms with van der Waals surface area (Å²) >= 11 is 2.09. The number of nitrogens with zero attached hydrogens (tertiary/aromatic N) is 1. The SMILES string of the molecule is CC=N/C(=C\N)CC(I)C(C)=O. The highest BCUT2D eigenvalue weighted by atomic mass is 127. The summed E-state index contributed by atoms with van der Waals surface area (Å²) in [5.41, 5.74) is 6.07. The number of Topliss-reactive ketones (excluding diaryl/α,β-unsaturated/α-hetero) is 1. The first-order chi connectivity index (χ1) is 5.61. The lowest BCUT2D eigenvalue weighted by molar-refractivity contribution is -0.116. The summed E-state index contributed by atoms with van der Waals surface area (Å²) in [5, 5.41) is 0. The second-order valence-electron chi connectivity index (χ2n) is 2.33. The van der Waals surface area contributed by atoms with E-state index in [4.69, 9.17) is 5.73 Å². The van der Waals surface area contributed by atoms with Crippen molar-refractivity contribution in [1.29, 1.82) is 0 Å². The van der Waals surface area contributed by atoms with E-state index in [1.807, 2.05) is 6.92 Å². The lowest BCUT2D eigenvalue weighted by atomic mass is 10.2. The van der Waals surface area contributed by atoms with Gasteiger partial charge in [-0.3, -0.25) is 9.79 Å². The van der Waals surface area contributed by atoms with Crippen molar-refractivity contribution in [3.8, 4) is 0 Å². The molecular weight excluding hydrogens is 267 g/mol. The molecule has 1 unspecified atom stereocenters. The minimum absolute atomic E-state index is 0.0268. The summed E-state index contributed by atoms with van der Waals surface area (Å²) in [5.74, 6) is 0.154. The highest BCUT2D eigenvalue weighted by Gasteiger charge is 2.10. The highest BCUT2D eigenvalue weighted by Crippen LogP contribution is 2.14. The zero-order chi connectivity index (χ0) is 9.56. The molecule has 68 valence electrons. The summed E-state index contributed by atoms with van der Waals surface area (Å²) in [7, 11) is 0. The fourth-order valence-electron chi connectivity index (χ4n) is 0.657. The monoisotopic (exact) mass is 280 g/mol. The van der Waals surface area contributed by atoms with Crippen LogP contribution < -0.4 is 5.73 Å². The molecule has 4 heteroatoms. The van der Waals surface area contributed by atoms with Gasteiger partial charge in [0.25, 0.3) is 0 Å². The molecule has 12 heavy (non-hydrogen) atoms. The van der Waals surface area contributed by atoms with E-state index in [1.54, 1.807) is 13.1 Å². The predicted molar refractivity (Wildman–Crippen MR) is 59.5 cm³/mol. The fourth-order valence-corrected chi connectivity index (χ4v) is 1.11. The quantitative estimate of drug-likeness (QED) is 0.483. The van der Waals surface area contributed by atoms with Gasteiger partial charge in [-0.2, -0.15) is 0 Å². The average molecular weight is 280 g/mol. The smallest absolute Gasteiger partial charge is 0.142 e. The minimum atomic E-state index is -0.0268. The minimum Gasteiger partial charge on any atom is -0.403 e. The molecular formula is C8H13IN2O. The van der Waals surface area contributed by atoms with E-state index in [0.29, 0.717) is 6.42 Å². The molecule has 0 radical (unpaired) electrons. The van der Waals surface area contributed by atoms with E-state index in [0.717, 1.165) is 5.70 Å². The Morgan fingerprint density at radius 3 is 2.67 bits per heavy atom. The molecule has 0 bridgehead atoms. The molecule has 3 nitrogen and oxygen atoms in total. The van der Waals surface area contributed by atoms with Crippen molar-refractivity contribution in [2.45, 2.75) is 24.2 Å². The number of aliphatic imine (C=N–C) groups is 1. The Hall–Kier alpha value is -0.390. The van der Waals surface area contributed by atoms with Gasteiger partial charge in [-0.15, -0.1) is 0 Å². The lowest BCUT2D eigenvalue weighted by Crippen LogP contribution is -2.10. The molecule has 0 rings (SSSR count). The largest absolute Gasteiger partial charge is 0.403 e. The number of hydrogen-bond donors (Lipinski definition) is 1. The number of carbonyl (C=O) groups is 1. The zero-order valence-corrected chi connectivity index (χ0v) is 9.41. The lowest BCUT2D eigenvalue weighted by Gasteiger charge is -2.04. The summed E-state index contributed by atoms with van der Waals surface area (Å²) < 4.78 is -0.0268. The van der Waals surface area contributed by atoms with Gasteiger partial charge in [0, 0.05) is 18.8 Å². The Bertz CT molecular complexity index is 211. The molecule has 0 aromatic heterocycles. The first-order valence-corrected chi connectivity index (χ1v) is 4.90. The number of alkyl halides is 1. The van der Waals surface area contributed by atoms with Crippen LogP contribution in [-0.2, 0) is 4.79 Å². The normalized spacial score (nSPS) is 15.1. The first kappa shape index (κ1) is 11.6. The molecule has 0 amide bonds. The van der Waals surface area contributed by atoms with Crippen molar-refractivity contribution in [2.24, 2.45) is 10.7 Å². The van der Waals surface area contributed by atoms with Crippen LogP contribution in [0.1, 0.15) is 20.3 Å². The van der Waals surface area contributed by atoms with Crippen LogP contribution in [0.15, 0.2) is 16.9 Å². The Morgan fingerprint density at radius 2 is 2.33 bits per heavy atom. The van der Waals surface area contributed by atoms with Gasteiger partial charge in [0.05, 0.1) is 9.62 Å². The molecule has 0 fully saturated rings. The van der Waals surface area contributed by atoms with E-state index < -0.39 is 0 Å². The van der Waals surface area contributed by atoms with Crippen molar-refractivity contribution >= 4 is 34.6 Å². The molecule has 0 aromatic rings. The number of nitrogens with two attached hydrogens (primary N) is 1. The third kappa shape index (κ3) is 4.48. The summed E-state index contributed by atoms with van der Waals surface area (Å²) in [4.78, 5) is 14.9. The molecule has 0 saturated heterocycles. The molecule has 1 atom stereocenters. The van der Waals surface area contributed by atoms with Gasteiger partial charge in [0.1, 0.15) is 5.78 Å². The number of halogens is 1. The van der Waals surface area contributed by atoms with Gasteiger partial charge in [0.15, 0.2) is 0 Å². The Kier molecular flexibility index (Phi) is 5.96. The van der Waals surface area contributed by atoms with Gasteiger partial charge >= 0.3 is 0 Å². The molecule has 0 saturated carbocycles. The molecule has 2 N–H and O–H groups in total. The van der Waals surface area contributed by atoms with E-state index in [1.165, 1.54) is 6.20 Å². The predicted octanol–water partition coefficient (Wildman–Crippen LogP) is 1.66. The van der Waals surface area contributed by atoms with Gasteiger partial charge in [-0.25, -0.2) is 0 Å². The van der Waals surface area contributed by atoms with Crippen LogP contribution in [0.4, 0.5) is 0 Å². The van der Waals surface area contributed by atoms with Crippen molar-refractivity contribution in [2.75, 3.05) is 0 Å². The van der Waals surface area contributed by atoms with E-state index >= 15 is 0 Å². The van der Waals surface area contributed by atoms with Crippen LogP contribution in [0.25, 0.3) is 0 Å². The Morgan fingerprint density at radius 1 is 1.75 bits per heavy atom. The van der Waals surface area contributed by atoms with Crippen molar-refractivity contribution in [3.05, 3.63) is 11.9 Å². The van der Waals surface area contributed by atoms with Gasteiger partial charge in [0.2, 0.25) is 0 Å². The second kappa shape index (κ2) is 6.16. The molecule has 0 spiro atoms. The van der Waals surface area contributed by atoms with E-state index in [9.17, 15) is 4.79 Å². The first-order valence-electron chi connectivity index (χ1n) is 3.65. The number of carbonyl (C=O) groups excluding carboxylic acids is 1. The average Bonchev–Trinajstić information content (AvgIpc) is 2.03. The van der Waals surface area contributed by atoms with Crippen LogP contribution in [0.5, 0.6) is 0 Å². The van der Waals surface area contributed by atoms with Crippen LogP contribution in [0.3, 0.4) is 0 Å². The molecule has 0 aliphatic carbocycles. The highest BCUT2D eigenvalue weighted by molar-refractivity contribution is 14.1. The molecule has 0 heterocycles. The number of allylic oxidation sites excluding steroid dienone is 1. The maximum absolute atomic E-state index is 10.9. The number of hydrogen-bond acceptors (Lipinski definition) is 3. The summed E-state index contributed by atoms with van der Waals surface area (Å²) in [6.07, 6.45) is 3.72. The van der Waals surface area contributed by atoms with Crippen LogP contribution in [0, 0.1) is 0 Å². The Balaban J connectivity index is 4.13. The zero-order valence-electron chi connectivity index (χ0n) is 7.25. The van der Waals surface area contributed by atoms with Crippen molar-refractivity contribution < 1.29 is 4.79 Å². The third-order valence-electron chi connectivity index (χ3n) is 1.32. The molecule has 0 aliphatic rings. The Labute approximate surface area is 86.3 Å². The summed E-state index contributed by atoms with van der Waals surface area (Å²) in [6, 6.07) is 0. The third-order valence-corrected chi connectivity index (χ3v) is 2.63. The van der Waals surface area contributed by atoms with Crippen molar-refractivity contribution in [1.82, 2.24) is 0 Å². The molecule has 0 aliphatic heterocycles. The number of ketones is 1. The van der Waals surface area contributed by atoms with Crippen molar-refractivity contribution in [3.63, 3.8) is 0 Å². The van der Waals surface area contributed by atoms with E-state index in [-0.39, 0.29) is 9.71 Å². The van der Waals surface area contributed by atoms with Crippen LogP contribution >= 0.6 is 22.6 Å². The van der Waals surface area contributed by atoms with Gasteiger partial charge in [-0.05, 0) is 13.8 Å². The maximum atomic E-state index is 10.9. The van der Waals surface area contributed by atoms with Crippen LogP contribution in [0.2, 0.25) is 0 Å². The fraction of sp³-hybridized carbons (Fsp3) is 0.500. The number of rotatable bonds is 4. The molecule has 0 aromatic carbocycles. The second-order valence-corrected chi connectivity index (χ2v) is 3.83. The van der Waals surface area contributed by atoms with E-state index in [2.05, 4.69) is 27.6 Å². The van der Waals surface area contributed by atoms with Crippen LogP contribution in [-0.4, -0.2) is 15.9 Å².